The molecule has 8 heteroatoms. The van der Waals surface area contributed by atoms with E-state index < -0.39 is 17.9 Å². The van der Waals surface area contributed by atoms with Gasteiger partial charge in [0.2, 0.25) is 5.91 Å². The highest BCUT2D eigenvalue weighted by atomic mass is 35.5. The molecule has 0 saturated carbocycles. The van der Waals surface area contributed by atoms with Crippen LogP contribution in [0.25, 0.3) is 0 Å². The van der Waals surface area contributed by atoms with Crippen LogP contribution in [-0.2, 0) is 4.79 Å². The minimum atomic E-state index is -1.06. The summed E-state index contributed by atoms with van der Waals surface area (Å²) in [6, 6.07) is 3.98. The Labute approximate surface area is 125 Å². The van der Waals surface area contributed by atoms with Gasteiger partial charge in [0.15, 0.2) is 0 Å². The van der Waals surface area contributed by atoms with Crippen LogP contribution in [0.4, 0.5) is 5.69 Å². The average molecular weight is 320 g/mol. The van der Waals surface area contributed by atoms with Crippen molar-refractivity contribution in [1.29, 1.82) is 5.26 Å². The second-order valence-corrected chi connectivity index (χ2v) is 4.93. The third-order valence-corrected chi connectivity index (χ3v) is 3.04. The zero-order valence-corrected chi connectivity index (χ0v) is 12.0. The molecule has 0 aromatic heterocycles. The van der Waals surface area contributed by atoms with Crippen molar-refractivity contribution in [2.24, 2.45) is 21.9 Å². The molecule has 0 aliphatic carbocycles. The molecule has 0 heterocycles. The number of benzene rings is 1. The third-order valence-electron chi connectivity index (χ3n) is 2.25. The topological polar surface area (TPSA) is 91.6 Å². The highest BCUT2D eigenvalue weighted by Crippen LogP contribution is 2.36. The van der Waals surface area contributed by atoms with Crippen LogP contribution in [-0.4, -0.2) is 11.9 Å². The molecular formula is C11H9Cl3N4O. The Morgan fingerprint density at radius 2 is 1.89 bits per heavy atom. The van der Waals surface area contributed by atoms with Gasteiger partial charge >= 0.3 is 0 Å². The van der Waals surface area contributed by atoms with E-state index in [1.807, 2.05) is 0 Å². The fourth-order valence-electron chi connectivity index (χ4n) is 1.25. The first-order chi connectivity index (χ1) is 8.86. The van der Waals surface area contributed by atoms with Gasteiger partial charge in [-0.05, 0) is 19.1 Å². The standard InChI is InChI=1S/C11H9Cl3N4O/c1-5(7(4-15)11(16)19)17-18-10-8(13)2-6(12)3-9(10)14/h2-3,5,7H,1H3,(H2,16,19). The number of nitrogens with two attached hydrogens (primary N) is 1. The fraction of sp³-hybridized carbons (Fsp3) is 0.273. The predicted octanol–water partition coefficient (Wildman–Crippen LogP) is 3.74. The van der Waals surface area contributed by atoms with Gasteiger partial charge in [0, 0.05) is 5.02 Å². The number of amides is 1. The number of carbonyl (C=O) groups is 1. The minimum Gasteiger partial charge on any atom is -0.368 e. The van der Waals surface area contributed by atoms with E-state index in [4.69, 9.17) is 45.8 Å². The normalized spacial score (nSPS) is 14.1. The van der Waals surface area contributed by atoms with Crippen LogP contribution in [0.15, 0.2) is 22.4 Å². The smallest absolute Gasteiger partial charge is 0.237 e. The lowest BCUT2D eigenvalue weighted by atomic mass is 10.0. The molecule has 0 spiro atoms. The summed E-state index contributed by atoms with van der Waals surface area (Å²) in [5.41, 5.74) is 5.29. The summed E-state index contributed by atoms with van der Waals surface area (Å²) >= 11 is 17.6. The molecule has 0 saturated heterocycles. The van der Waals surface area contributed by atoms with Crippen molar-refractivity contribution in [3.05, 3.63) is 27.2 Å². The van der Waals surface area contributed by atoms with Crippen LogP contribution in [0.3, 0.4) is 0 Å². The number of hydrogen-bond acceptors (Lipinski definition) is 4. The summed E-state index contributed by atoms with van der Waals surface area (Å²) in [6.45, 7) is 1.54. The number of rotatable bonds is 4. The van der Waals surface area contributed by atoms with Gasteiger partial charge in [0.1, 0.15) is 11.6 Å². The van der Waals surface area contributed by atoms with Crippen LogP contribution in [0.5, 0.6) is 0 Å². The number of azo groups is 1. The molecule has 1 rings (SSSR count). The number of carbonyl (C=O) groups excluding carboxylic acids is 1. The van der Waals surface area contributed by atoms with Crippen LogP contribution >= 0.6 is 34.8 Å². The summed E-state index contributed by atoms with van der Waals surface area (Å²) in [5, 5.41) is 17.3. The Kier molecular flexibility index (Phi) is 5.55. The summed E-state index contributed by atoms with van der Waals surface area (Å²) in [7, 11) is 0. The molecule has 1 amide bonds. The molecule has 2 N–H and O–H groups in total. The first-order valence-electron chi connectivity index (χ1n) is 5.11. The van der Waals surface area contributed by atoms with E-state index >= 15 is 0 Å². The molecule has 0 aliphatic rings. The van der Waals surface area contributed by atoms with Crippen LogP contribution in [0, 0.1) is 17.2 Å². The predicted molar refractivity (Wildman–Crippen MR) is 73.7 cm³/mol. The van der Waals surface area contributed by atoms with Gasteiger partial charge in [-0.3, -0.25) is 4.79 Å². The van der Waals surface area contributed by atoms with E-state index in [2.05, 4.69) is 10.2 Å². The minimum absolute atomic E-state index is 0.223. The number of nitriles is 1. The van der Waals surface area contributed by atoms with Gasteiger partial charge in [0.25, 0.3) is 0 Å². The van der Waals surface area contributed by atoms with Crippen LogP contribution in [0.1, 0.15) is 6.92 Å². The molecule has 19 heavy (non-hydrogen) atoms. The largest absolute Gasteiger partial charge is 0.368 e. The number of primary amides is 1. The molecule has 1 aromatic rings. The van der Waals surface area contributed by atoms with E-state index in [1.165, 1.54) is 12.1 Å². The van der Waals surface area contributed by atoms with Crippen LogP contribution in [0.2, 0.25) is 15.1 Å². The summed E-state index contributed by atoms with van der Waals surface area (Å²) in [5.74, 6) is -1.82. The zero-order chi connectivity index (χ0) is 14.6. The SMILES string of the molecule is CC(N=Nc1c(Cl)cc(Cl)cc1Cl)C(C#N)C(N)=O. The molecular weight excluding hydrogens is 311 g/mol. The molecule has 0 aliphatic heterocycles. The van der Waals surface area contributed by atoms with Crippen LogP contribution < -0.4 is 5.73 Å². The molecule has 5 nitrogen and oxygen atoms in total. The lowest BCUT2D eigenvalue weighted by Crippen LogP contribution is -2.29. The van der Waals surface area contributed by atoms with Crippen molar-refractivity contribution in [3.63, 3.8) is 0 Å². The average Bonchev–Trinajstić information content (AvgIpc) is 2.27. The molecule has 0 bridgehead atoms. The molecule has 100 valence electrons. The highest BCUT2D eigenvalue weighted by molar-refractivity contribution is 6.41. The summed E-state index contributed by atoms with van der Waals surface area (Å²) < 4.78 is 0. The maximum absolute atomic E-state index is 11.0. The molecule has 0 fully saturated rings. The lowest BCUT2D eigenvalue weighted by Gasteiger charge is -2.08. The first-order valence-corrected chi connectivity index (χ1v) is 6.24. The molecule has 1 aromatic carbocycles. The van der Waals surface area contributed by atoms with Crippen molar-refractivity contribution in [1.82, 2.24) is 0 Å². The number of hydrogen-bond donors (Lipinski definition) is 1. The van der Waals surface area contributed by atoms with E-state index in [0.717, 1.165) is 0 Å². The van der Waals surface area contributed by atoms with Crippen molar-refractivity contribution in [3.8, 4) is 6.07 Å². The maximum Gasteiger partial charge on any atom is 0.237 e. The Balaban J connectivity index is 3.00. The van der Waals surface area contributed by atoms with E-state index in [0.29, 0.717) is 5.02 Å². The maximum atomic E-state index is 11.0. The Morgan fingerprint density at radius 3 is 2.32 bits per heavy atom. The second-order valence-electron chi connectivity index (χ2n) is 3.68. The van der Waals surface area contributed by atoms with Crippen molar-refractivity contribution in [2.75, 3.05) is 0 Å². The Bertz CT molecular complexity index is 545. The fourth-order valence-corrected chi connectivity index (χ4v) is 2.15. The Hall–Kier alpha value is -1.35. The summed E-state index contributed by atoms with van der Waals surface area (Å²) in [4.78, 5) is 11.0. The van der Waals surface area contributed by atoms with Gasteiger partial charge in [-0.25, -0.2) is 0 Å². The lowest BCUT2D eigenvalue weighted by molar-refractivity contribution is -0.120. The second kappa shape index (κ2) is 6.71. The van der Waals surface area contributed by atoms with Crippen molar-refractivity contribution in [2.45, 2.75) is 13.0 Å². The first kappa shape index (κ1) is 15.7. The van der Waals surface area contributed by atoms with Gasteiger partial charge in [0.05, 0.1) is 22.2 Å². The zero-order valence-electron chi connectivity index (χ0n) is 9.77. The van der Waals surface area contributed by atoms with Crippen molar-refractivity contribution >= 4 is 46.4 Å². The van der Waals surface area contributed by atoms with Gasteiger partial charge in [-0.15, -0.1) is 0 Å². The van der Waals surface area contributed by atoms with Gasteiger partial charge in [-0.1, -0.05) is 34.8 Å². The molecule has 2 unspecified atom stereocenters. The molecule has 2 atom stereocenters. The monoisotopic (exact) mass is 318 g/mol. The Morgan fingerprint density at radius 1 is 1.37 bits per heavy atom. The number of nitrogens with zero attached hydrogens (tertiary/aromatic N) is 3. The van der Waals surface area contributed by atoms with Gasteiger partial charge in [-0.2, -0.15) is 15.5 Å². The third kappa shape index (κ3) is 4.06. The van der Waals surface area contributed by atoms with Crippen molar-refractivity contribution < 1.29 is 4.79 Å². The number of halogens is 3. The molecule has 0 radical (unpaired) electrons. The quantitative estimate of drug-likeness (QED) is 0.856. The van der Waals surface area contributed by atoms with E-state index in [9.17, 15) is 4.79 Å². The summed E-state index contributed by atoms with van der Waals surface area (Å²) in [6.07, 6.45) is 0. The van der Waals surface area contributed by atoms with E-state index in [-0.39, 0.29) is 15.7 Å². The highest BCUT2D eigenvalue weighted by Gasteiger charge is 2.22. The van der Waals surface area contributed by atoms with Gasteiger partial charge < -0.3 is 5.73 Å². The van der Waals surface area contributed by atoms with E-state index in [1.54, 1.807) is 13.0 Å².